The molecule has 28 heavy (non-hydrogen) atoms. The van der Waals surface area contributed by atoms with Crippen molar-refractivity contribution >= 4 is 11.3 Å². The van der Waals surface area contributed by atoms with Crippen LogP contribution in [0.2, 0.25) is 0 Å². The van der Waals surface area contributed by atoms with E-state index in [0.29, 0.717) is 18.1 Å². The number of allylic oxidation sites excluding steroid dienone is 2. The molecular weight excluding hydrogens is 381 g/mol. The highest BCUT2D eigenvalue weighted by Gasteiger charge is 2.19. The third kappa shape index (κ3) is 3.72. The first-order valence-electron chi connectivity index (χ1n) is 9.15. The minimum absolute atomic E-state index is 0.0141. The van der Waals surface area contributed by atoms with Crippen LogP contribution in [0.1, 0.15) is 17.7 Å². The second kappa shape index (κ2) is 7.84. The lowest BCUT2D eigenvalue weighted by Gasteiger charge is -2.14. The molecule has 1 heterocycles. The van der Waals surface area contributed by atoms with Gasteiger partial charge in [-0.15, -0.1) is 11.3 Å². The minimum Gasteiger partial charge on any atom is -0.490 e. The summed E-state index contributed by atoms with van der Waals surface area (Å²) < 4.78 is 49.1. The van der Waals surface area contributed by atoms with Gasteiger partial charge in [0.1, 0.15) is 5.82 Å². The maximum Gasteiger partial charge on any atom is 0.201 e. The van der Waals surface area contributed by atoms with Crippen molar-refractivity contribution in [2.45, 2.75) is 19.8 Å². The molecule has 0 unspecified atom stereocenters. The lowest BCUT2D eigenvalue weighted by atomic mass is 10.0. The summed E-state index contributed by atoms with van der Waals surface area (Å²) in [6, 6.07) is 11.1. The molecule has 144 valence electrons. The molecule has 1 nitrogen and oxygen atoms in total. The van der Waals surface area contributed by atoms with Gasteiger partial charge in [0.2, 0.25) is 5.82 Å². The molecule has 1 aromatic heterocycles. The van der Waals surface area contributed by atoms with Crippen molar-refractivity contribution in [2.75, 3.05) is 6.61 Å². The standard InChI is InChI=1S/C23H19F3OS/c1-14-6-11-21(28-14)18-8-7-16(12-19(18)24)17-9-10-20(23(26)22(17)25)27-13-15-4-2-3-5-15/h2-3,6-12,15H,4-5,13H2,1H3. The van der Waals surface area contributed by atoms with Gasteiger partial charge in [0.05, 0.1) is 6.61 Å². The van der Waals surface area contributed by atoms with Crippen LogP contribution in [-0.4, -0.2) is 6.61 Å². The summed E-state index contributed by atoms with van der Waals surface area (Å²) in [4.78, 5) is 1.88. The van der Waals surface area contributed by atoms with Gasteiger partial charge >= 0.3 is 0 Å². The van der Waals surface area contributed by atoms with Crippen LogP contribution in [0.15, 0.2) is 54.6 Å². The zero-order chi connectivity index (χ0) is 19.7. The summed E-state index contributed by atoms with van der Waals surface area (Å²) in [5.74, 6) is -2.35. The Kier molecular flexibility index (Phi) is 5.27. The fourth-order valence-electron chi connectivity index (χ4n) is 3.35. The van der Waals surface area contributed by atoms with Crippen LogP contribution in [0.4, 0.5) is 13.2 Å². The highest BCUT2D eigenvalue weighted by molar-refractivity contribution is 7.15. The molecule has 5 heteroatoms. The van der Waals surface area contributed by atoms with Gasteiger partial charge < -0.3 is 4.74 Å². The lowest BCUT2D eigenvalue weighted by molar-refractivity contribution is 0.243. The monoisotopic (exact) mass is 400 g/mol. The van der Waals surface area contributed by atoms with Crippen molar-refractivity contribution in [1.82, 2.24) is 0 Å². The molecule has 0 radical (unpaired) electrons. The molecule has 0 fully saturated rings. The largest absolute Gasteiger partial charge is 0.490 e. The molecule has 0 spiro atoms. The number of aryl methyl sites for hydroxylation is 1. The number of ether oxygens (including phenoxy) is 1. The van der Waals surface area contributed by atoms with Crippen LogP contribution in [0, 0.1) is 30.3 Å². The van der Waals surface area contributed by atoms with Crippen molar-refractivity contribution in [3.8, 4) is 27.3 Å². The first kappa shape index (κ1) is 18.8. The van der Waals surface area contributed by atoms with Gasteiger partial charge in [-0.05, 0) is 67.6 Å². The third-order valence-corrected chi connectivity index (χ3v) is 5.95. The minimum atomic E-state index is -1.04. The van der Waals surface area contributed by atoms with Crippen molar-refractivity contribution in [3.63, 3.8) is 0 Å². The zero-order valence-electron chi connectivity index (χ0n) is 15.3. The van der Waals surface area contributed by atoms with E-state index < -0.39 is 17.5 Å². The third-order valence-electron chi connectivity index (χ3n) is 4.91. The number of thiophene rings is 1. The smallest absolute Gasteiger partial charge is 0.201 e. The molecule has 0 bridgehead atoms. The summed E-state index contributed by atoms with van der Waals surface area (Å²) in [6.45, 7) is 2.29. The Morgan fingerprint density at radius 1 is 0.929 bits per heavy atom. The van der Waals surface area contributed by atoms with Gasteiger partial charge in [-0.1, -0.05) is 18.2 Å². The van der Waals surface area contributed by atoms with Crippen LogP contribution in [-0.2, 0) is 0 Å². The van der Waals surface area contributed by atoms with E-state index in [-0.39, 0.29) is 16.9 Å². The number of benzene rings is 2. The fraction of sp³-hybridized carbons (Fsp3) is 0.217. The second-order valence-corrected chi connectivity index (χ2v) is 8.25. The maximum absolute atomic E-state index is 14.6. The molecule has 3 aromatic rings. The molecule has 0 saturated carbocycles. The summed E-state index contributed by atoms with van der Waals surface area (Å²) in [6.07, 6.45) is 5.89. The molecule has 4 rings (SSSR count). The van der Waals surface area contributed by atoms with E-state index in [1.165, 1.54) is 29.5 Å². The van der Waals surface area contributed by atoms with Crippen molar-refractivity contribution < 1.29 is 17.9 Å². The Morgan fingerprint density at radius 2 is 1.68 bits per heavy atom. The first-order chi connectivity index (χ1) is 13.5. The number of hydrogen-bond donors (Lipinski definition) is 0. The normalized spacial score (nSPS) is 14.0. The van der Waals surface area contributed by atoms with E-state index in [0.717, 1.165) is 22.6 Å². The van der Waals surface area contributed by atoms with Gasteiger partial charge in [0, 0.05) is 20.9 Å². The van der Waals surface area contributed by atoms with E-state index in [1.54, 1.807) is 12.1 Å². The van der Waals surface area contributed by atoms with E-state index in [1.807, 2.05) is 19.1 Å². The van der Waals surface area contributed by atoms with Crippen LogP contribution in [0.5, 0.6) is 5.75 Å². The average Bonchev–Trinajstić information content (AvgIpc) is 3.34. The number of halogens is 3. The lowest BCUT2D eigenvalue weighted by Crippen LogP contribution is -2.10. The SMILES string of the molecule is Cc1ccc(-c2ccc(-c3ccc(OCC4CC=CC4)c(F)c3F)cc2F)s1. The molecule has 0 atom stereocenters. The van der Waals surface area contributed by atoms with Crippen LogP contribution in [0.3, 0.4) is 0 Å². The van der Waals surface area contributed by atoms with Gasteiger partial charge in [0.15, 0.2) is 11.6 Å². The predicted octanol–water partition coefficient (Wildman–Crippen LogP) is 7.15. The highest BCUT2D eigenvalue weighted by Crippen LogP contribution is 2.35. The van der Waals surface area contributed by atoms with Crippen LogP contribution >= 0.6 is 11.3 Å². The van der Waals surface area contributed by atoms with Crippen LogP contribution in [0.25, 0.3) is 21.6 Å². The quantitative estimate of drug-likeness (QED) is 0.413. The van der Waals surface area contributed by atoms with Gasteiger partial charge in [0.25, 0.3) is 0 Å². The Morgan fingerprint density at radius 3 is 2.36 bits per heavy atom. The molecule has 0 amide bonds. The predicted molar refractivity (Wildman–Crippen MR) is 107 cm³/mol. The van der Waals surface area contributed by atoms with Crippen LogP contribution < -0.4 is 4.74 Å². The maximum atomic E-state index is 14.6. The van der Waals surface area contributed by atoms with Gasteiger partial charge in [-0.2, -0.15) is 4.39 Å². The highest BCUT2D eigenvalue weighted by atomic mass is 32.1. The summed E-state index contributed by atoms with van der Waals surface area (Å²) in [5, 5.41) is 0. The number of rotatable bonds is 5. The molecule has 0 aliphatic heterocycles. The van der Waals surface area contributed by atoms with E-state index in [9.17, 15) is 13.2 Å². The Balaban J connectivity index is 1.58. The summed E-state index contributed by atoms with van der Waals surface area (Å²) >= 11 is 1.48. The van der Waals surface area contributed by atoms with E-state index in [2.05, 4.69) is 12.2 Å². The zero-order valence-corrected chi connectivity index (χ0v) is 16.2. The van der Waals surface area contributed by atoms with Crippen molar-refractivity contribution in [2.24, 2.45) is 5.92 Å². The molecule has 1 aliphatic rings. The topological polar surface area (TPSA) is 9.23 Å². The molecule has 2 aromatic carbocycles. The molecule has 0 N–H and O–H groups in total. The second-order valence-electron chi connectivity index (χ2n) is 6.96. The first-order valence-corrected chi connectivity index (χ1v) is 9.97. The van der Waals surface area contributed by atoms with E-state index >= 15 is 0 Å². The summed E-state index contributed by atoms with van der Waals surface area (Å²) in [7, 11) is 0. The van der Waals surface area contributed by atoms with E-state index in [4.69, 9.17) is 4.74 Å². The Hall–Kier alpha value is -2.53. The molecule has 0 saturated heterocycles. The fourth-order valence-corrected chi connectivity index (χ4v) is 4.24. The van der Waals surface area contributed by atoms with Crippen molar-refractivity contribution in [3.05, 3.63) is 76.9 Å². The average molecular weight is 400 g/mol. The Bertz CT molecular complexity index is 1030. The van der Waals surface area contributed by atoms with Gasteiger partial charge in [-0.25, -0.2) is 8.78 Å². The summed E-state index contributed by atoms with van der Waals surface area (Å²) in [5.41, 5.74) is 0.755. The Labute approximate surface area is 166 Å². The van der Waals surface area contributed by atoms with Gasteiger partial charge in [-0.3, -0.25) is 0 Å². The molecule has 1 aliphatic carbocycles. The number of hydrogen-bond acceptors (Lipinski definition) is 2. The van der Waals surface area contributed by atoms with Crippen molar-refractivity contribution in [1.29, 1.82) is 0 Å². The molecular formula is C23H19F3OS.